The molecule has 0 amide bonds. The van der Waals surface area contributed by atoms with Crippen molar-refractivity contribution in [3.63, 3.8) is 0 Å². The molecule has 0 aromatic carbocycles. The first-order chi connectivity index (χ1) is 5.79. The Morgan fingerprint density at radius 1 is 1.83 bits per heavy atom. The van der Waals surface area contributed by atoms with E-state index in [2.05, 4.69) is 11.3 Å². The minimum absolute atomic E-state index is 0.252. The van der Waals surface area contributed by atoms with Gasteiger partial charge in [0.25, 0.3) is 0 Å². The largest absolute Gasteiger partial charge is 0.271 e. The Bertz CT molecular complexity index is 289. The molecule has 4 heteroatoms. The van der Waals surface area contributed by atoms with E-state index in [0.29, 0.717) is 11.3 Å². The third-order valence-electron chi connectivity index (χ3n) is 1.48. The molecule has 1 rings (SSSR count). The highest BCUT2D eigenvalue weighted by Crippen LogP contribution is 2.24. The van der Waals surface area contributed by atoms with Gasteiger partial charge >= 0.3 is 0 Å². The summed E-state index contributed by atoms with van der Waals surface area (Å²) in [4.78, 5) is 0.565. The quantitative estimate of drug-likeness (QED) is 0.423. The number of hydrazine groups is 1. The first-order valence-corrected chi connectivity index (χ1v) is 4.30. The van der Waals surface area contributed by atoms with Crippen molar-refractivity contribution in [2.24, 2.45) is 5.84 Å². The van der Waals surface area contributed by atoms with Gasteiger partial charge in [-0.2, -0.15) is 0 Å². The molecule has 1 heterocycles. The van der Waals surface area contributed by atoms with Gasteiger partial charge in [-0.1, -0.05) is 0 Å². The maximum atomic E-state index is 13.0. The maximum absolute atomic E-state index is 13.0. The van der Waals surface area contributed by atoms with E-state index in [-0.39, 0.29) is 11.9 Å². The Labute approximate surface area is 74.6 Å². The van der Waals surface area contributed by atoms with Gasteiger partial charge < -0.3 is 0 Å². The summed E-state index contributed by atoms with van der Waals surface area (Å²) in [5.41, 5.74) is 2.47. The number of terminal acetylenes is 1. The van der Waals surface area contributed by atoms with E-state index >= 15 is 0 Å². The molecule has 0 aliphatic rings. The van der Waals surface area contributed by atoms with Crippen molar-refractivity contribution in [1.82, 2.24) is 5.43 Å². The summed E-state index contributed by atoms with van der Waals surface area (Å²) in [6, 6.07) is 1.14. The highest BCUT2D eigenvalue weighted by atomic mass is 32.1. The van der Waals surface area contributed by atoms with Gasteiger partial charge in [-0.05, 0) is 11.4 Å². The second-order valence-corrected chi connectivity index (χ2v) is 3.21. The second-order valence-electron chi connectivity index (χ2n) is 2.26. The highest BCUT2D eigenvalue weighted by molar-refractivity contribution is 7.10. The van der Waals surface area contributed by atoms with Crippen LogP contribution in [0.5, 0.6) is 0 Å². The summed E-state index contributed by atoms with van der Waals surface area (Å²) in [5.74, 6) is 7.39. The fourth-order valence-corrected chi connectivity index (χ4v) is 1.73. The molecule has 2 nitrogen and oxygen atoms in total. The van der Waals surface area contributed by atoms with Crippen molar-refractivity contribution in [2.75, 3.05) is 0 Å². The predicted octanol–water partition coefficient (Wildman–Crippen LogP) is 1.41. The number of nitrogens with one attached hydrogen (secondary N) is 1. The Morgan fingerprint density at radius 3 is 3.00 bits per heavy atom. The molecule has 0 bridgehead atoms. The monoisotopic (exact) mass is 184 g/mol. The fraction of sp³-hybridized carbons (Fsp3) is 0.250. The minimum atomic E-state index is -0.269. The zero-order valence-electron chi connectivity index (χ0n) is 6.38. The summed E-state index contributed by atoms with van der Waals surface area (Å²) in [7, 11) is 0. The van der Waals surface area contributed by atoms with Crippen LogP contribution < -0.4 is 11.3 Å². The van der Waals surface area contributed by atoms with Crippen LogP contribution in [0.2, 0.25) is 0 Å². The van der Waals surface area contributed by atoms with Crippen LogP contribution >= 0.6 is 11.3 Å². The van der Waals surface area contributed by atoms with Crippen LogP contribution in [0.4, 0.5) is 4.39 Å². The molecule has 0 saturated heterocycles. The number of hydrogen-bond donors (Lipinski definition) is 2. The fourth-order valence-electron chi connectivity index (χ4n) is 0.899. The first kappa shape index (κ1) is 9.20. The SMILES string of the molecule is C#CCC(NN)c1sccc1F. The summed E-state index contributed by atoms with van der Waals surface area (Å²) in [6.07, 6.45) is 5.49. The van der Waals surface area contributed by atoms with Gasteiger partial charge in [0.2, 0.25) is 0 Å². The summed E-state index contributed by atoms with van der Waals surface area (Å²) >= 11 is 1.31. The molecule has 1 aromatic rings. The molecule has 0 fully saturated rings. The summed E-state index contributed by atoms with van der Waals surface area (Å²) in [5, 5.41) is 1.67. The molecule has 3 N–H and O–H groups in total. The molecule has 64 valence electrons. The molecule has 12 heavy (non-hydrogen) atoms. The second kappa shape index (κ2) is 4.21. The van der Waals surface area contributed by atoms with Crippen molar-refractivity contribution >= 4 is 11.3 Å². The zero-order valence-corrected chi connectivity index (χ0v) is 7.20. The predicted molar refractivity (Wildman–Crippen MR) is 47.8 cm³/mol. The minimum Gasteiger partial charge on any atom is -0.271 e. The molecule has 0 spiro atoms. The lowest BCUT2D eigenvalue weighted by Crippen LogP contribution is -2.27. The lowest BCUT2D eigenvalue weighted by molar-refractivity contribution is 0.533. The summed E-state index contributed by atoms with van der Waals surface area (Å²) < 4.78 is 13.0. The standard InChI is InChI=1S/C8H9FN2S/c1-2-3-7(11-10)8-6(9)4-5-12-8/h1,4-5,7,11H,3,10H2. The van der Waals surface area contributed by atoms with E-state index in [1.54, 1.807) is 5.38 Å². The van der Waals surface area contributed by atoms with Crippen molar-refractivity contribution in [3.05, 3.63) is 22.1 Å². The molecule has 0 aliphatic heterocycles. The molecule has 0 aliphatic carbocycles. The Morgan fingerprint density at radius 2 is 2.58 bits per heavy atom. The smallest absolute Gasteiger partial charge is 0.138 e. The lowest BCUT2D eigenvalue weighted by atomic mass is 10.2. The van der Waals surface area contributed by atoms with Crippen molar-refractivity contribution < 1.29 is 4.39 Å². The van der Waals surface area contributed by atoms with Crippen LogP contribution in [0.25, 0.3) is 0 Å². The van der Waals surface area contributed by atoms with Crippen LogP contribution in [-0.2, 0) is 0 Å². The van der Waals surface area contributed by atoms with Crippen LogP contribution in [0.1, 0.15) is 17.3 Å². The van der Waals surface area contributed by atoms with E-state index < -0.39 is 0 Å². The third-order valence-corrected chi connectivity index (χ3v) is 2.49. The molecule has 0 saturated carbocycles. The summed E-state index contributed by atoms with van der Waals surface area (Å²) in [6.45, 7) is 0. The van der Waals surface area contributed by atoms with Gasteiger partial charge in [-0.25, -0.2) is 4.39 Å². The molecule has 1 atom stereocenters. The van der Waals surface area contributed by atoms with Crippen LogP contribution in [-0.4, -0.2) is 0 Å². The van der Waals surface area contributed by atoms with Gasteiger partial charge in [0.15, 0.2) is 0 Å². The lowest BCUT2D eigenvalue weighted by Gasteiger charge is -2.09. The Kier molecular flexibility index (Phi) is 3.23. The Hall–Kier alpha value is -0.890. The van der Waals surface area contributed by atoms with E-state index in [4.69, 9.17) is 12.3 Å². The van der Waals surface area contributed by atoms with Gasteiger partial charge in [0, 0.05) is 6.42 Å². The highest BCUT2D eigenvalue weighted by Gasteiger charge is 2.13. The van der Waals surface area contributed by atoms with Crippen LogP contribution in [0, 0.1) is 18.2 Å². The van der Waals surface area contributed by atoms with Crippen molar-refractivity contribution in [3.8, 4) is 12.3 Å². The first-order valence-electron chi connectivity index (χ1n) is 3.42. The van der Waals surface area contributed by atoms with E-state index in [0.717, 1.165) is 0 Å². The van der Waals surface area contributed by atoms with E-state index in [9.17, 15) is 4.39 Å². The number of thiophene rings is 1. The topological polar surface area (TPSA) is 38.0 Å². The Balaban J connectivity index is 2.81. The van der Waals surface area contributed by atoms with E-state index in [1.165, 1.54) is 17.4 Å². The normalized spacial score (nSPS) is 12.4. The van der Waals surface area contributed by atoms with Gasteiger partial charge in [0.1, 0.15) is 5.82 Å². The van der Waals surface area contributed by atoms with Crippen molar-refractivity contribution in [2.45, 2.75) is 12.5 Å². The third kappa shape index (κ3) is 1.83. The average molecular weight is 184 g/mol. The van der Waals surface area contributed by atoms with Crippen LogP contribution in [0.3, 0.4) is 0 Å². The van der Waals surface area contributed by atoms with Crippen molar-refractivity contribution in [1.29, 1.82) is 0 Å². The van der Waals surface area contributed by atoms with Gasteiger partial charge in [-0.3, -0.25) is 11.3 Å². The molecule has 0 radical (unpaired) electrons. The number of rotatable bonds is 3. The number of halogens is 1. The average Bonchev–Trinajstić information content (AvgIpc) is 2.47. The van der Waals surface area contributed by atoms with E-state index in [1.807, 2.05) is 0 Å². The maximum Gasteiger partial charge on any atom is 0.138 e. The number of hydrogen-bond acceptors (Lipinski definition) is 3. The molecule has 1 aromatic heterocycles. The van der Waals surface area contributed by atoms with Crippen LogP contribution in [0.15, 0.2) is 11.4 Å². The number of nitrogens with two attached hydrogens (primary N) is 1. The molecular formula is C8H9FN2S. The molecular weight excluding hydrogens is 175 g/mol. The van der Waals surface area contributed by atoms with Gasteiger partial charge in [-0.15, -0.1) is 23.7 Å². The van der Waals surface area contributed by atoms with Gasteiger partial charge in [0.05, 0.1) is 10.9 Å². The zero-order chi connectivity index (χ0) is 8.97. The molecule has 1 unspecified atom stereocenters.